The summed E-state index contributed by atoms with van der Waals surface area (Å²) in [5.41, 5.74) is 1.26. The highest BCUT2D eigenvalue weighted by molar-refractivity contribution is 7.99. The van der Waals surface area contributed by atoms with Crippen molar-refractivity contribution in [2.45, 2.75) is 31.6 Å². The van der Waals surface area contributed by atoms with Gasteiger partial charge in [0.1, 0.15) is 5.75 Å². The third kappa shape index (κ3) is 6.41. The van der Waals surface area contributed by atoms with Gasteiger partial charge in [0.05, 0.1) is 18.9 Å². The summed E-state index contributed by atoms with van der Waals surface area (Å²) >= 11 is 1.29. The molecule has 2 amide bonds. The fourth-order valence-electron chi connectivity index (χ4n) is 4.03. The Labute approximate surface area is 226 Å². The van der Waals surface area contributed by atoms with Crippen molar-refractivity contribution in [2.75, 3.05) is 18.2 Å². The number of hydrogen-bond acceptors (Lipinski definition) is 6. The van der Waals surface area contributed by atoms with Gasteiger partial charge in [-0.05, 0) is 53.1 Å². The van der Waals surface area contributed by atoms with Crippen LogP contribution in [-0.2, 0) is 11.3 Å². The second kappa shape index (κ2) is 12.4. The minimum atomic E-state index is -0.391. The number of anilines is 1. The number of carbonyl (C=O) groups excluding carboxylic acids is 2. The van der Waals surface area contributed by atoms with Crippen LogP contribution in [0.15, 0.2) is 84.5 Å². The zero-order valence-corrected chi connectivity index (χ0v) is 22.5. The average molecular weight is 530 g/mol. The van der Waals surface area contributed by atoms with E-state index in [1.165, 1.54) is 11.8 Å². The van der Waals surface area contributed by atoms with Gasteiger partial charge >= 0.3 is 0 Å². The number of nitrogens with one attached hydrogen (secondary N) is 2. The van der Waals surface area contributed by atoms with Crippen molar-refractivity contribution in [3.63, 3.8) is 0 Å². The van der Waals surface area contributed by atoms with Gasteiger partial charge in [-0.1, -0.05) is 62.0 Å². The molecule has 8 nitrogen and oxygen atoms in total. The highest BCUT2D eigenvalue weighted by atomic mass is 32.2. The molecule has 4 aromatic rings. The van der Waals surface area contributed by atoms with Crippen LogP contribution in [0, 0.1) is 5.92 Å². The molecule has 196 valence electrons. The normalized spacial score (nSPS) is 11.8. The van der Waals surface area contributed by atoms with Crippen LogP contribution in [0.2, 0.25) is 0 Å². The van der Waals surface area contributed by atoms with Crippen molar-refractivity contribution >= 4 is 40.0 Å². The number of methoxy groups -OCH3 is 1. The number of ether oxygens (including phenoxy) is 1. The molecule has 3 aromatic carbocycles. The van der Waals surface area contributed by atoms with Crippen molar-refractivity contribution in [1.82, 2.24) is 20.1 Å². The van der Waals surface area contributed by atoms with E-state index in [0.717, 1.165) is 16.5 Å². The zero-order chi connectivity index (χ0) is 27.1. The lowest BCUT2D eigenvalue weighted by molar-refractivity contribution is -0.113. The summed E-state index contributed by atoms with van der Waals surface area (Å²) < 4.78 is 7.07. The molecule has 9 heteroatoms. The molecule has 0 fully saturated rings. The van der Waals surface area contributed by atoms with Crippen LogP contribution in [0.1, 0.15) is 36.1 Å². The molecule has 1 heterocycles. The summed E-state index contributed by atoms with van der Waals surface area (Å²) in [5, 5.41) is 17.5. The maximum absolute atomic E-state index is 13.0. The Morgan fingerprint density at radius 3 is 2.47 bits per heavy atom. The van der Waals surface area contributed by atoms with E-state index in [1.54, 1.807) is 37.5 Å². The fraction of sp³-hybridized carbons (Fsp3) is 0.241. The number of aromatic nitrogens is 3. The Bertz CT molecular complexity index is 1430. The van der Waals surface area contributed by atoms with Gasteiger partial charge in [0.15, 0.2) is 11.0 Å². The minimum absolute atomic E-state index is 0.0408. The standard InChI is InChI=1S/C29H31N5O3S/c1-5-16-34-27(26(19(2)3)31-28(36)21-11-14-24(37-4)15-12-21)32-33-29(34)38-18-25(35)30-23-13-10-20-8-6-7-9-22(20)17-23/h5-15,17,19,26H,1,16,18H2,2-4H3,(H,30,35)(H,31,36). The smallest absolute Gasteiger partial charge is 0.251 e. The Morgan fingerprint density at radius 2 is 1.79 bits per heavy atom. The van der Waals surface area contributed by atoms with Gasteiger partial charge in [0.25, 0.3) is 5.91 Å². The van der Waals surface area contributed by atoms with Crippen molar-refractivity contribution in [2.24, 2.45) is 5.92 Å². The van der Waals surface area contributed by atoms with Gasteiger partial charge in [-0.3, -0.25) is 9.59 Å². The highest BCUT2D eigenvalue weighted by Gasteiger charge is 2.26. The van der Waals surface area contributed by atoms with Gasteiger partial charge in [0.2, 0.25) is 5.91 Å². The molecule has 1 aromatic heterocycles. The first-order chi connectivity index (χ1) is 18.4. The zero-order valence-electron chi connectivity index (χ0n) is 21.7. The second-order valence-corrected chi connectivity index (χ2v) is 10.0. The van der Waals surface area contributed by atoms with E-state index in [0.29, 0.717) is 28.8 Å². The summed E-state index contributed by atoms with van der Waals surface area (Å²) in [7, 11) is 1.58. The average Bonchev–Trinajstić information content (AvgIpc) is 3.32. The molecule has 4 rings (SSSR count). The van der Waals surface area contributed by atoms with Gasteiger partial charge in [-0.25, -0.2) is 0 Å². The van der Waals surface area contributed by atoms with Gasteiger partial charge < -0.3 is 19.9 Å². The molecule has 0 bridgehead atoms. The first-order valence-corrected chi connectivity index (χ1v) is 13.3. The van der Waals surface area contributed by atoms with E-state index in [1.807, 2.05) is 60.9 Å². The number of fused-ring (bicyclic) bond motifs is 1. The summed E-state index contributed by atoms with van der Waals surface area (Å²) in [4.78, 5) is 25.7. The van der Waals surface area contributed by atoms with E-state index in [9.17, 15) is 9.59 Å². The third-order valence-corrected chi connectivity index (χ3v) is 6.97. The Kier molecular flexibility index (Phi) is 8.81. The third-order valence-electron chi connectivity index (χ3n) is 6.01. The first kappa shape index (κ1) is 26.9. The largest absolute Gasteiger partial charge is 0.497 e. The second-order valence-electron chi connectivity index (χ2n) is 9.06. The van der Waals surface area contributed by atoms with Crippen LogP contribution < -0.4 is 15.4 Å². The summed E-state index contributed by atoms with van der Waals surface area (Å²) in [6.45, 7) is 8.32. The number of benzene rings is 3. The lowest BCUT2D eigenvalue weighted by Crippen LogP contribution is -2.33. The minimum Gasteiger partial charge on any atom is -0.497 e. The predicted molar refractivity (Wildman–Crippen MR) is 152 cm³/mol. The van der Waals surface area contributed by atoms with E-state index in [2.05, 4.69) is 27.4 Å². The van der Waals surface area contributed by atoms with Gasteiger partial charge in [-0.2, -0.15) is 0 Å². The number of rotatable bonds is 11. The monoisotopic (exact) mass is 529 g/mol. The fourth-order valence-corrected chi connectivity index (χ4v) is 4.78. The van der Waals surface area contributed by atoms with Gasteiger partial charge in [0, 0.05) is 17.8 Å². The van der Waals surface area contributed by atoms with E-state index >= 15 is 0 Å². The molecular formula is C29H31N5O3S. The molecule has 0 aliphatic heterocycles. The Morgan fingerprint density at radius 1 is 1.05 bits per heavy atom. The lowest BCUT2D eigenvalue weighted by atomic mass is 10.0. The summed E-state index contributed by atoms with van der Waals surface area (Å²) in [5.74, 6) is 1.13. The maximum Gasteiger partial charge on any atom is 0.251 e. The number of amides is 2. The lowest BCUT2D eigenvalue weighted by Gasteiger charge is -2.22. The number of hydrogen-bond donors (Lipinski definition) is 2. The van der Waals surface area contributed by atoms with Crippen molar-refractivity contribution in [3.05, 3.63) is 90.8 Å². The van der Waals surface area contributed by atoms with Crippen LogP contribution in [0.3, 0.4) is 0 Å². The predicted octanol–water partition coefficient (Wildman–Crippen LogP) is 5.48. The number of carbonyl (C=O) groups is 2. The molecule has 0 saturated heterocycles. The van der Waals surface area contributed by atoms with E-state index in [4.69, 9.17) is 4.74 Å². The summed E-state index contributed by atoms with van der Waals surface area (Å²) in [6.07, 6.45) is 1.74. The number of allylic oxidation sites excluding steroid dienone is 1. The van der Waals surface area contributed by atoms with E-state index in [-0.39, 0.29) is 23.5 Å². The Hall–Kier alpha value is -4.11. The van der Waals surface area contributed by atoms with Crippen LogP contribution in [0.25, 0.3) is 10.8 Å². The highest BCUT2D eigenvalue weighted by Crippen LogP contribution is 2.26. The molecule has 1 unspecified atom stereocenters. The topological polar surface area (TPSA) is 98.1 Å². The summed E-state index contributed by atoms with van der Waals surface area (Å²) in [6, 6.07) is 20.4. The van der Waals surface area contributed by atoms with E-state index < -0.39 is 6.04 Å². The van der Waals surface area contributed by atoms with Crippen molar-refractivity contribution in [1.29, 1.82) is 0 Å². The molecule has 0 radical (unpaired) electrons. The molecule has 0 spiro atoms. The number of nitrogens with zero attached hydrogens (tertiary/aromatic N) is 3. The van der Waals surface area contributed by atoms with Crippen molar-refractivity contribution < 1.29 is 14.3 Å². The maximum atomic E-state index is 13.0. The van der Waals surface area contributed by atoms with Crippen LogP contribution in [0.4, 0.5) is 5.69 Å². The quantitative estimate of drug-likeness (QED) is 0.197. The molecular weight excluding hydrogens is 498 g/mol. The van der Waals surface area contributed by atoms with Gasteiger partial charge in [-0.15, -0.1) is 16.8 Å². The SMILES string of the molecule is C=CCn1c(SCC(=O)Nc2ccc3ccccc3c2)nnc1C(NC(=O)c1ccc(OC)cc1)C(C)C. The molecule has 1 atom stereocenters. The molecule has 0 aliphatic rings. The van der Waals surface area contributed by atoms with Crippen LogP contribution in [0.5, 0.6) is 5.75 Å². The first-order valence-electron chi connectivity index (χ1n) is 12.3. The molecule has 2 N–H and O–H groups in total. The van der Waals surface area contributed by atoms with Crippen molar-refractivity contribution in [3.8, 4) is 5.75 Å². The van der Waals surface area contributed by atoms with Crippen LogP contribution in [-0.4, -0.2) is 39.4 Å². The molecule has 0 aliphatic carbocycles. The Balaban J connectivity index is 1.46. The number of thioether (sulfide) groups is 1. The molecule has 0 saturated carbocycles. The van der Waals surface area contributed by atoms with Crippen LogP contribution >= 0.6 is 11.8 Å². The molecule has 38 heavy (non-hydrogen) atoms.